The van der Waals surface area contributed by atoms with E-state index in [-0.39, 0.29) is 23.3 Å². The Morgan fingerprint density at radius 1 is 1.30 bits per heavy atom. The smallest absolute Gasteiger partial charge is 0.272 e. The van der Waals surface area contributed by atoms with Crippen molar-refractivity contribution < 1.29 is 4.79 Å². The molecule has 0 aliphatic carbocycles. The number of thiophene rings is 1. The van der Waals surface area contributed by atoms with E-state index in [0.29, 0.717) is 15.4 Å². The monoisotopic (exact) mass is 401 g/mol. The third kappa shape index (κ3) is 4.25. The Morgan fingerprint density at radius 2 is 2.07 bits per heavy atom. The first-order valence-corrected chi connectivity index (χ1v) is 10.8. The quantitative estimate of drug-likeness (QED) is 0.477. The van der Waals surface area contributed by atoms with E-state index in [1.54, 1.807) is 4.57 Å². The third-order valence-corrected chi connectivity index (χ3v) is 6.48. The lowest BCUT2D eigenvalue weighted by atomic mass is 10.1. The van der Waals surface area contributed by atoms with Crippen molar-refractivity contribution in [1.82, 2.24) is 9.55 Å². The van der Waals surface area contributed by atoms with Gasteiger partial charge in [0.2, 0.25) is 5.91 Å². The van der Waals surface area contributed by atoms with E-state index in [4.69, 9.17) is 0 Å². The van der Waals surface area contributed by atoms with Gasteiger partial charge in [-0.15, -0.1) is 11.3 Å². The van der Waals surface area contributed by atoms with Gasteiger partial charge in [-0.05, 0) is 61.9 Å². The average molecular weight is 402 g/mol. The number of hydrogen-bond donors (Lipinski definition) is 1. The summed E-state index contributed by atoms with van der Waals surface area (Å²) in [5, 5.41) is 5.39. The molecule has 5 nitrogen and oxygen atoms in total. The van der Waals surface area contributed by atoms with E-state index < -0.39 is 0 Å². The SMILES string of the molecule is CC[C@@H](C)n1c(SCC(=O)Nc2ccc(C)c(C)c2)nc2ccsc2c1=O. The second-order valence-corrected chi connectivity index (χ2v) is 8.46. The molecule has 0 aliphatic rings. The van der Waals surface area contributed by atoms with Crippen LogP contribution in [0.25, 0.3) is 10.2 Å². The summed E-state index contributed by atoms with van der Waals surface area (Å²) in [5.74, 6) is 0.0875. The van der Waals surface area contributed by atoms with Gasteiger partial charge in [-0.2, -0.15) is 0 Å². The molecule has 7 heteroatoms. The Kier molecular flexibility index (Phi) is 6.01. The fourth-order valence-electron chi connectivity index (χ4n) is 2.72. The molecule has 2 heterocycles. The molecular weight excluding hydrogens is 378 g/mol. The largest absolute Gasteiger partial charge is 0.325 e. The Balaban J connectivity index is 1.80. The predicted octanol–water partition coefficient (Wildman–Crippen LogP) is 4.78. The number of aromatic nitrogens is 2. The molecule has 0 radical (unpaired) electrons. The number of nitrogens with zero attached hydrogens (tertiary/aromatic N) is 2. The minimum absolute atomic E-state index is 0.0265. The summed E-state index contributed by atoms with van der Waals surface area (Å²) >= 11 is 2.71. The van der Waals surface area contributed by atoms with Crippen molar-refractivity contribution in [3.63, 3.8) is 0 Å². The molecule has 3 aromatic rings. The average Bonchev–Trinajstić information content (AvgIpc) is 3.11. The number of amides is 1. The van der Waals surface area contributed by atoms with E-state index >= 15 is 0 Å². The maximum atomic E-state index is 12.8. The van der Waals surface area contributed by atoms with E-state index in [2.05, 4.69) is 10.3 Å². The molecule has 1 atom stereocenters. The molecule has 1 N–H and O–H groups in total. The van der Waals surface area contributed by atoms with E-state index in [1.807, 2.05) is 57.3 Å². The zero-order valence-electron chi connectivity index (χ0n) is 15.9. The molecule has 0 saturated carbocycles. The van der Waals surface area contributed by atoms with Gasteiger partial charge in [0.15, 0.2) is 5.16 Å². The van der Waals surface area contributed by atoms with Crippen LogP contribution in [0.15, 0.2) is 39.6 Å². The molecule has 1 amide bonds. The van der Waals surface area contributed by atoms with Crippen LogP contribution in [-0.4, -0.2) is 21.2 Å². The molecule has 2 aromatic heterocycles. The number of thioether (sulfide) groups is 1. The van der Waals surface area contributed by atoms with Crippen LogP contribution in [0.5, 0.6) is 0 Å². The number of aryl methyl sites for hydroxylation is 2. The fraction of sp³-hybridized carbons (Fsp3) is 0.350. The van der Waals surface area contributed by atoms with Crippen LogP contribution in [0.2, 0.25) is 0 Å². The van der Waals surface area contributed by atoms with Gasteiger partial charge in [-0.25, -0.2) is 4.98 Å². The van der Waals surface area contributed by atoms with E-state index in [1.165, 1.54) is 28.7 Å². The van der Waals surface area contributed by atoms with Crippen LogP contribution in [0.4, 0.5) is 5.69 Å². The number of carbonyl (C=O) groups excluding carboxylic acids is 1. The van der Waals surface area contributed by atoms with Gasteiger partial charge >= 0.3 is 0 Å². The molecule has 0 saturated heterocycles. The first-order valence-electron chi connectivity index (χ1n) is 8.90. The molecule has 0 fully saturated rings. The number of anilines is 1. The van der Waals surface area contributed by atoms with Crippen molar-refractivity contribution in [1.29, 1.82) is 0 Å². The van der Waals surface area contributed by atoms with Crippen molar-refractivity contribution >= 4 is 44.9 Å². The van der Waals surface area contributed by atoms with Gasteiger partial charge < -0.3 is 5.32 Å². The van der Waals surface area contributed by atoms with Crippen LogP contribution in [0.1, 0.15) is 37.4 Å². The molecule has 27 heavy (non-hydrogen) atoms. The summed E-state index contributed by atoms with van der Waals surface area (Å²) in [4.78, 5) is 29.8. The van der Waals surface area contributed by atoms with Crippen LogP contribution in [0.3, 0.4) is 0 Å². The highest BCUT2D eigenvalue weighted by Crippen LogP contribution is 2.24. The first kappa shape index (κ1) is 19.6. The summed E-state index contributed by atoms with van der Waals surface area (Å²) in [6.45, 7) is 8.10. The summed E-state index contributed by atoms with van der Waals surface area (Å²) in [7, 11) is 0. The highest BCUT2D eigenvalue weighted by Gasteiger charge is 2.17. The number of benzene rings is 1. The number of rotatable bonds is 6. The maximum Gasteiger partial charge on any atom is 0.272 e. The van der Waals surface area contributed by atoms with Crippen molar-refractivity contribution in [2.75, 3.05) is 11.1 Å². The first-order chi connectivity index (χ1) is 12.9. The zero-order chi connectivity index (χ0) is 19.6. The Labute approximate surface area is 166 Å². The zero-order valence-corrected chi connectivity index (χ0v) is 17.5. The number of carbonyl (C=O) groups is 1. The van der Waals surface area contributed by atoms with Gasteiger partial charge in [0.1, 0.15) is 4.70 Å². The molecule has 0 aliphatic heterocycles. The van der Waals surface area contributed by atoms with Crippen LogP contribution in [0, 0.1) is 13.8 Å². The van der Waals surface area contributed by atoms with Gasteiger partial charge in [0.25, 0.3) is 5.56 Å². The molecular formula is C20H23N3O2S2. The van der Waals surface area contributed by atoms with Crippen molar-refractivity contribution in [2.24, 2.45) is 0 Å². The van der Waals surface area contributed by atoms with E-state index in [0.717, 1.165) is 17.7 Å². The van der Waals surface area contributed by atoms with Crippen molar-refractivity contribution in [3.05, 3.63) is 51.1 Å². The summed E-state index contributed by atoms with van der Waals surface area (Å²) in [5.41, 5.74) is 3.77. The van der Waals surface area contributed by atoms with Gasteiger partial charge in [-0.3, -0.25) is 14.2 Å². The number of fused-ring (bicyclic) bond motifs is 1. The minimum Gasteiger partial charge on any atom is -0.325 e. The molecule has 1 aromatic carbocycles. The molecule has 0 bridgehead atoms. The van der Waals surface area contributed by atoms with Gasteiger partial charge in [0.05, 0.1) is 11.3 Å². The highest BCUT2D eigenvalue weighted by molar-refractivity contribution is 7.99. The normalized spacial score (nSPS) is 12.3. The minimum atomic E-state index is -0.112. The van der Waals surface area contributed by atoms with Gasteiger partial charge in [-0.1, -0.05) is 24.8 Å². The number of nitrogens with one attached hydrogen (secondary N) is 1. The number of hydrogen-bond acceptors (Lipinski definition) is 5. The van der Waals surface area contributed by atoms with Crippen LogP contribution >= 0.6 is 23.1 Å². The Morgan fingerprint density at radius 3 is 2.78 bits per heavy atom. The lowest BCUT2D eigenvalue weighted by molar-refractivity contribution is -0.113. The fourth-order valence-corrected chi connectivity index (χ4v) is 4.39. The summed E-state index contributed by atoms with van der Waals surface area (Å²) in [6, 6.07) is 7.73. The maximum absolute atomic E-state index is 12.8. The lowest BCUT2D eigenvalue weighted by Crippen LogP contribution is -2.26. The van der Waals surface area contributed by atoms with E-state index in [9.17, 15) is 9.59 Å². The molecule has 0 unspecified atom stereocenters. The van der Waals surface area contributed by atoms with Crippen molar-refractivity contribution in [3.8, 4) is 0 Å². The highest BCUT2D eigenvalue weighted by atomic mass is 32.2. The second-order valence-electron chi connectivity index (χ2n) is 6.60. The predicted molar refractivity (Wildman–Crippen MR) is 114 cm³/mol. The van der Waals surface area contributed by atoms with Crippen LogP contribution in [-0.2, 0) is 4.79 Å². The third-order valence-electron chi connectivity index (χ3n) is 4.63. The molecule has 0 spiro atoms. The Hall–Kier alpha value is -2.12. The summed E-state index contributed by atoms with van der Waals surface area (Å²) < 4.78 is 2.38. The molecule has 3 rings (SSSR count). The molecule has 142 valence electrons. The summed E-state index contributed by atoms with van der Waals surface area (Å²) in [6.07, 6.45) is 0.820. The van der Waals surface area contributed by atoms with Crippen molar-refractivity contribution in [2.45, 2.75) is 45.3 Å². The second kappa shape index (κ2) is 8.27. The topological polar surface area (TPSA) is 64.0 Å². The van der Waals surface area contributed by atoms with Gasteiger partial charge in [0, 0.05) is 11.7 Å². The lowest BCUT2D eigenvalue weighted by Gasteiger charge is -2.17. The Bertz CT molecular complexity index is 1040. The van der Waals surface area contributed by atoms with Crippen LogP contribution < -0.4 is 10.9 Å². The standard InChI is InChI=1S/C20H23N3O2S2/c1-5-14(4)23-19(25)18-16(8-9-26-18)22-20(23)27-11-17(24)21-15-7-6-12(2)13(3)10-15/h6-10,14H,5,11H2,1-4H3,(H,21,24)/t14-/m1/s1.